The SMILES string of the molecule is N#CN=c1c2cc(-c3cc(F)cc(C(F)(F)F)c3)ccc2c2cc3c(cc12)c(=N)c1cc(C2=CC(F)CC(C(F)(F)F)=C2)ccc13. The fraction of sp³-hybridized carbons (Fsp3) is 0.114. The number of benzene rings is 4. The summed E-state index contributed by atoms with van der Waals surface area (Å²) in [5, 5.41) is 23.1. The second-order valence-corrected chi connectivity index (χ2v) is 11.1. The molecule has 0 saturated carbocycles. The highest BCUT2D eigenvalue weighted by atomic mass is 19.4. The van der Waals surface area contributed by atoms with Gasteiger partial charge in [-0.3, -0.25) is 5.41 Å². The third kappa shape index (κ3) is 4.72. The van der Waals surface area contributed by atoms with Crippen LogP contribution in [0.5, 0.6) is 0 Å². The van der Waals surface area contributed by atoms with Gasteiger partial charge in [0.2, 0.25) is 6.19 Å². The van der Waals surface area contributed by atoms with Gasteiger partial charge >= 0.3 is 12.4 Å². The molecule has 0 saturated heterocycles. The molecule has 1 N–H and O–H groups in total. The Kier molecular flexibility index (Phi) is 6.43. The van der Waals surface area contributed by atoms with E-state index in [0.717, 1.165) is 24.3 Å². The second-order valence-electron chi connectivity index (χ2n) is 11.1. The summed E-state index contributed by atoms with van der Waals surface area (Å²) >= 11 is 0. The minimum atomic E-state index is -4.76. The van der Waals surface area contributed by atoms with Gasteiger partial charge in [-0.2, -0.15) is 36.6 Å². The molecule has 11 heteroatoms. The summed E-state index contributed by atoms with van der Waals surface area (Å²) in [6.07, 6.45) is -8.22. The van der Waals surface area contributed by atoms with Gasteiger partial charge < -0.3 is 0 Å². The first-order valence-electron chi connectivity index (χ1n) is 13.8. The topological polar surface area (TPSA) is 60.0 Å². The van der Waals surface area contributed by atoms with Crippen LogP contribution in [0.3, 0.4) is 0 Å². The molecule has 0 bridgehead atoms. The maximum atomic E-state index is 14.3. The fourth-order valence-electron chi connectivity index (χ4n) is 6.28. The number of hydrogen-bond acceptors (Lipinski definition) is 3. The van der Waals surface area contributed by atoms with Gasteiger partial charge in [0.1, 0.15) is 12.0 Å². The summed E-state index contributed by atoms with van der Waals surface area (Å²) in [5.74, 6) is -1.06. The Bertz CT molecular complexity index is 2480. The van der Waals surface area contributed by atoms with Crippen molar-refractivity contribution in [2.45, 2.75) is 24.9 Å². The smallest absolute Gasteiger partial charge is 0.300 e. The quantitative estimate of drug-likeness (QED) is 0.150. The van der Waals surface area contributed by atoms with Crippen molar-refractivity contribution in [1.82, 2.24) is 0 Å². The van der Waals surface area contributed by atoms with E-state index in [1.54, 1.807) is 48.7 Å². The number of hydrogen-bond donors (Lipinski definition) is 1. The zero-order valence-corrected chi connectivity index (χ0v) is 23.2. The predicted octanol–water partition coefficient (Wildman–Crippen LogP) is 9.48. The van der Waals surface area contributed by atoms with E-state index in [-0.39, 0.29) is 27.4 Å². The van der Waals surface area contributed by atoms with Crippen molar-refractivity contribution in [2.75, 3.05) is 0 Å². The summed E-state index contributed by atoms with van der Waals surface area (Å²) in [6.45, 7) is 0. The molecule has 1 aliphatic carbocycles. The molecule has 1 unspecified atom stereocenters. The van der Waals surface area contributed by atoms with Crippen LogP contribution in [0.15, 0.2) is 89.4 Å². The van der Waals surface area contributed by atoms with E-state index in [4.69, 9.17) is 5.41 Å². The number of nitriles is 1. The van der Waals surface area contributed by atoms with Crippen LogP contribution < -0.4 is 10.7 Å². The van der Waals surface area contributed by atoms with Gasteiger partial charge in [0.05, 0.1) is 16.3 Å². The Balaban J connectivity index is 1.43. The lowest BCUT2D eigenvalue weighted by atomic mass is 9.92. The Morgan fingerprint density at radius 3 is 2.00 bits per heavy atom. The minimum Gasteiger partial charge on any atom is -0.300 e. The normalized spacial score (nSPS) is 16.4. The minimum absolute atomic E-state index is 0.0132. The van der Waals surface area contributed by atoms with Gasteiger partial charge in [0, 0.05) is 33.5 Å². The molecule has 0 amide bonds. The molecule has 0 aliphatic heterocycles. The molecule has 228 valence electrons. The van der Waals surface area contributed by atoms with Crippen LogP contribution in [0.25, 0.3) is 59.8 Å². The molecule has 0 fully saturated rings. The summed E-state index contributed by atoms with van der Waals surface area (Å²) in [6, 6.07) is 15.2. The predicted molar refractivity (Wildman–Crippen MR) is 158 cm³/mol. The monoisotopic (exact) mass is 631 g/mol. The van der Waals surface area contributed by atoms with E-state index in [1.165, 1.54) is 6.07 Å². The second kappa shape index (κ2) is 10.1. The van der Waals surface area contributed by atoms with Crippen molar-refractivity contribution in [3.8, 4) is 17.3 Å². The number of allylic oxidation sites excluding steroid dienone is 4. The van der Waals surface area contributed by atoms with Gasteiger partial charge in [0.25, 0.3) is 0 Å². The van der Waals surface area contributed by atoms with Crippen LogP contribution in [0.2, 0.25) is 0 Å². The summed E-state index contributed by atoms with van der Waals surface area (Å²) in [5.41, 5.74) is -1.47. The standard InChI is InChI=1S/C35H17F8N3/c36-22-7-18(5-20(11-22)34(38,39)40)16-1-3-24-26-13-27-25-4-2-17(19-6-21(35(41,42)43)12-23(37)8-19)10-30(25)33(46-15-44)31(27)14-29(26)32(45)28(24)9-16/h1-10,12-14,22,45H,11H2. The first kappa shape index (κ1) is 29.3. The van der Waals surface area contributed by atoms with Crippen molar-refractivity contribution in [1.29, 1.82) is 10.7 Å². The maximum absolute atomic E-state index is 14.3. The van der Waals surface area contributed by atoms with Gasteiger partial charge in [-0.05, 0) is 98.4 Å². The van der Waals surface area contributed by atoms with Crippen molar-refractivity contribution in [3.63, 3.8) is 0 Å². The number of alkyl halides is 7. The highest BCUT2D eigenvalue weighted by Crippen LogP contribution is 2.39. The van der Waals surface area contributed by atoms with Gasteiger partial charge in [-0.15, -0.1) is 0 Å². The summed E-state index contributed by atoms with van der Waals surface area (Å²) < 4.78 is 109. The Morgan fingerprint density at radius 1 is 0.696 bits per heavy atom. The average Bonchev–Trinajstić information content (AvgIpc) is 3.45. The van der Waals surface area contributed by atoms with Crippen LogP contribution >= 0.6 is 0 Å². The molecular formula is C35H17F8N3. The highest BCUT2D eigenvalue weighted by molar-refractivity contribution is 6.21. The van der Waals surface area contributed by atoms with Crippen LogP contribution in [-0.2, 0) is 6.18 Å². The number of nitrogens with one attached hydrogen (secondary N) is 1. The number of rotatable bonds is 2. The number of halogens is 8. The molecule has 0 spiro atoms. The van der Waals surface area contributed by atoms with Crippen molar-refractivity contribution in [3.05, 3.63) is 112 Å². The zero-order valence-electron chi connectivity index (χ0n) is 23.2. The third-order valence-corrected chi connectivity index (χ3v) is 8.35. The molecule has 46 heavy (non-hydrogen) atoms. The lowest BCUT2D eigenvalue weighted by Crippen LogP contribution is -2.18. The Hall–Kier alpha value is -5.37. The number of nitrogens with zero attached hydrogens (tertiary/aromatic N) is 2. The van der Waals surface area contributed by atoms with Gasteiger partial charge in [-0.1, -0.05) is 24.3 Å². The van der Waals surface area contributed by atoms with E-state index in [0.29, 0.717) is 54.7 Å². The molecule has 6 aromatic carbocycles. The van der Waals surface area contributed by atoms with Crippen molar-refractivity contribution < 1.29 is 35.1 Å². The van der Waals surface area contributed by atoms with Gasteiger partial charge in [-0.25, -0.2) is 8.78 Å². The van der Waals surface area contributed by atoms with Gasteiger partial charge in [0.15, 0.2) is 0 Å². The zero-order chi connectivity index (χ0) is 32.7. The maximum Gasteiger partial charge on any atom is 0.416 e. The van der Waals surface area contributed by atoms with Crippen LogP contribution in [0.4, 0.5) is 35.1 Å². The molecule has 1 aliphatic rings. The summed E-state index contributed by atoms with van der Waals surface area (Å²) in [4.78, 5) is 3.98. The molecular weight excluding hydrogens is 614 g/mol. The van der Waals surface area contributed by atoms with E-state index < -0.39 is 41.9 Å². The van der Waals surface area contributed by atoms with E-state index in [9.17, 15) is 40.4 Å². The Morgan fingerprint density at radius 2 is 1.30 bits per heavy atom. The average molecular weight is 632 g/mol. The highest BCUT2D eigenvalue weighted by Gasteiger charge is 2.36. The van der Waals surface area contributed by atoms with E-state index >= 15 is 0 Å². The lowest BCUT2D eigenvalue weighted by Gasteiger charge is -2.19. The first-order chi connectivity index (χ1) is 21.7. The Labute approximate surface area is 253 Å². The van der Waals surface area contributed by atoms with Crippen molar-refractivity contribution in [2.24, 2.45) is 4.99 Å². The van der Waals surface area contributed by atoms with E-state index in [1.807, 2.05) is 0 Å². The lowest BCUT2D eigenvalue weighted by molar-refractivity contribution is -0.137. The van der Waals surface area contributed by atoms with Crippen LogP contribution in [-0.4, -0.2) is 12.3 Å². The molecule has 1 atom stereocenters. The molecule has 0 heterocycles. The largest absolute Gasteiger partial charge is 0.416 e. The summed E-state index contributed by atoms with van der Waals surface area (Å²) in [7, 11) is 0. The van der Waals surface area contributed by atoms with Crippen molar-refractivity contribution >= 4 is 48.7 Å². The molecule has 0 radical (unpaired) electrons. The molecule has 0 aromatic heterocycles. The van der Waals surface area contributed by atoms with Crippen LogP contribution in [0, 0.1) is 22.7 Å². The third-order valence-electron chi connectivity index (χ3n) is 8.35. The fourth-order valence-corrected chi connectivity index (χ4v) is 6.28. The molecule has 7 rings (SSSR count). The number of fused-ring (bicyclic) bond motifs is 6. The first-order valence-corrected chi connectivity index (χ1v) is 13.8. The molecule has 3 nitrogen and oxygen atoms in total. The van der Waals surface area contributed by atoms with E-state index in [2.05, 4.69) is 4.99 Å². The van der Waals surface area contributed by atoms with Crippen LogP contribution in [0.1, 0.15) is 17.5 Å². The molecule has 6 aromatic rings.